The Morgan fingerprint density at radius 1 is 1.27 bits per heavy atom. The van der Waals surface area contributed by atoms with Crippen LogP contribution in [0.15, 0.2) is 0 Å². The van der Waals surface area contributed by atoms with Gasteiger partial charge in [0.15, 0.2) is 0 Å². The van der Waals surface area contributed by atoms with Gasteiger partial charge in [-0.1, -0.05) is 19.3 Å². The molecule has 3 nitrogen and oxygen atoms in total. The van der Waals surface area contributed by atoms with E-state index < -0.39 is 11.4 Å². The number of methoxy groups -OCH3 is 1. The molecule has 2 unspecified atom stereocenters. The van der Waals surface area contributed by atoms with Gasteiger partial charge in [0.1, 0.15) is 0 Å². The second kappa shape index (κ2) is 4.12. The van der Waals surface area contributed by atoms with Crippen LogP contribution in [0.1, 0.15) is 44.9 Å². The minimum Gasteiger partial charge on any atom is -0.481 e. The van der Waals surface area contributed by atoms with Crippen molar-refractivity contribution in [1.82, 2.24) is 0 Å². The summed E-state index contributed by atoms with van der Waals surface area (Å²) in [5.74, 6) is -0.342. The summed E-state index contributed by atoms with van der Waals surface area (Å²) in [6.45, 7) is 0. The average molecular weight is 212 g/mol. The second-order valence-corrected chi connectivity index (χ2v) is 4.98. The van der Waals surface area contributed by atoms with Crippen molar-refractivity contribution in [3.63, 3.8) is 0 Å². The van der Waals surface area contributed by atoms with Crippen LogP contribution in [-0.2, 0) is 9.53 Å². The Balaban J connectivity index is 2.15. The molecular formula is C12H20O3. The highest BCUT2D eigenvalue weighted by molar-refractivity contribution is 5.76. The predicted octanol–water partition coefficient (Wildman–Crippen LogP) is 2.45. The van der Waals surface area contributed by atoms with E-state index in [2.05, 4.69) is 0 Å². The molecule has 1 N–H and O–H groups in total. The normalized spacial score (nSPS) is 34.5. The number of ether oxygens (including phenoxy) is 1. The first kappa shape index (κ1) is 10.9. The van der Waals surface area contributed by atoms with Crippen LogP contribution in [-0.4, -0.2) is 24.3 Å². The second-order valence-electron chi connectivity index (χ2n) is 4.98. The Bertz CT molecular complexity index is 245. The molecule has 0 amide bonds. The summed E-state index contributed by atoms with van der Waals surface area (Å²) in [5, 5.41) is 9.39. The fourth-order valence-electron chi connectivity index (χ4n) is 3.31. The van der Waals surface area contributed by atoms with Gasteiger partial charge < -0.3 is 9.84 Å². The molecule has 0 aliphatic heterocycles. The molecule has 3 heteroatoms. The summed E-state index contributed by atoms with van der Waals surface area (Å²) in [4.78, 5) is 11.4. The summed E-state index contributed by atoms with van der Waals surface area (Å²) >= 11 is 0. The van der Waals surface area contributed by atoms with Crippen molar-refractivity contribution in [3.05, 3.63) is 0 Å². The summed E-state index contributed by atoms with van der Waals surface area (Å²) in [5.41, 5.74) is -0.443. The van der Waals surface area contributed by atoms with Crippen molar-refractivity contribution in [1.29, 1.82) is 0 Å². The number of carboxylic acids is 1. The lowest BCUT2D eigenvalue weighted by Crippen LogP contribution is -2.50. The number of hydrogen-bond donors (Lipinski definition) is 1. The van der Waals surface area contributed by atoms with E-state index in [1.54, 1.807) is 7.11 Å². The molecule has 2 fully saturated rings. The lowest BCUT2D eigenvalue weighted by atomic mass is 9.57. The highest BCUT2D eigenvalue weighted by atomic mass is 16.5. The van der Waals surface area contributed by atoms with Gasteiger partial charge in [0.05, 0.1) is 11.5 Å². The lowest BCUT2D eigenvalue weighted by molar-refractivity contribution is -0.168. The van der Waals surface area contributed by atoms with Crippen molar-refractivity contribution < 1.29 is 14.6 Å². The zero-order valence-corrected chi connectivity index (χ0v) is 9.37. The molecule has 0 saturated heterocycles. The van der Waals surface area contributed by atoms with Gasteiger partial charge in [-0.3, -0.25) is 4.79 Å². The zero-order valence-electron chi connectivity index (χ0n) is 9.37. The highest BCUT2D eigenvalue weighted by Crippen LogP contribution is 2.52. The van der Waals surface area contributed by atoms with Crippen molar-refractivity contribution in [2.24, 2.45) is 11.3 Å². The number of carboxylic acid groups (broad SMARTS) is 1. The quantitative estimate of drug-likeness (QED) is 0.781. The Kier molecular flexibility index (Phi) is 3.01. The maximum absolute atomic E-state index is 11.4. The molecule has 2 aliphatic rings. The Morgan fingerprint density at radius 3 is 2.40 bits per heavy atom. The topological polar surface area (TPSA) is 46.5 Å². The van der Waals surface area contributed by atoms with E-state index in [9.17, 15) is 9.90 Å². The standard InChI is InChI=1S/C12H20O3/c1-15-10-6-3-2-5-9(10)12(11(13)14)7-4-8-12/h9-10H,2-8H2,1H3,(H,13,14). The van der Waals surface area contributed by atoms with Gasteiger partial charge in [0.2, 0.25) is 0 Å². The number of rotatable bonds is 3. The minimum atomic E-state index is -0.595. The lowest BCUT2D eigenvalue weighted by Gasteiger charge is -2.48. The van der Waals surface area contributed by atoms with E-state index in [-0.39, 0.29) is 12.0 Å². The van der Waals surface area contributed by atoms with Crippen LogP contribution < -0.4 is 0 Å². The first-order valence-electron chi connectivity index (χ1n) is 5.97. The smallest absolute Gasteiger partial charge is 0.310 e. The highest BCUT2D eigenvalue weighted by Gasteiger charge is 2.53. The molecule has 2 atom stereocenters. The molecule has 0 radical (unpaired) electrons. The predicted molar refractivity (Wildman–Crippen MR) is 56.7 cm³/mol. The van der Waals surface area contributed by atoms with E-state index in [1.807, 2.05) is 0 Å². The third-order valence-corrected chi connectivity index (χ3v) is 4.39. The van der Waals surface area contributed by atoms with Gasteiger partial charge in [-0.15, -0.1) is 0 Å². The van der Waals surface area contributed by atoms with Gasteiger partial charge in [-0.2, -0.15) is 0 Å². The van der Waals surface area contributed by atoms with Crippen LogP contribution >= 0.6 is 0 Å². The van der Waals surface area contributed by atoms with Crippen LogP contribution in [0.5, 0.6) is 0 Å². The van der Waals surface area contributed by atoms with Gasteiger partial charge in [-0.25, -0.2) is 0 Å². The molecule has 2 aliphatic carbocycles. The van der Waals surface area contributed by atoms with E-state index in [0.29, 0.717) is 0 Å². The van der Waals surface area contributed by atoms with Crippen molar-refractivity contribution in [2.45, 2.75) is 51.0 Å². The average Bonchev–Trinajstić information content (AvgIpc) is 2.16. The largest absolute Gasteiger partial charge is 0.481 e. The van der Waals surface area contributed by atoms with Crippen LogP contribution in [0, 0.1) is 11.3 Å². The minimum absolute atomic E-state index is 0.176. The summed E-state index contributed by atoms with van der Waals surface area (Å²) < 4.78 is 5.47. The molecule has 15 heavy (non-hydrogen) atoms. The van der Waals surface area contributed by atoms with E-state index in [0.717, 1.165) is 32.1 Å². The van der Waals surface area contributed by atoms with Gasteiger partial charge >= 0.3 is 5.97 Å². The summed E-state index contributed by atoms with van der Waals surface area (Å²) in [7, 11) is 1.72. The number of hydrogen-bond acceptors (Lipinski definition) is 2. The van der Waals surface area contributed by atoms with Crippen LogP contribution in [0.3, 0.4) is 0 Å². The third kappa shape index (κ3) is 1.67. The summed E-state index contributed by atoms with van der Waals surface area (Å²) in [6, 6.07) is 0. The zero-order chi connectivity index (χ0) is 10.9. The molecule has 0 bridgehead atoms. The molecule has 0 aromatic carbocycles. The van der Waals surface area contributed by atoms with Crippen molar-refractivity contribution in [3.8, 4) is 0 Å². The molecule has 0 aromatic heterocycles. The van der Waals surface area contributed by atoms with Crippen molar-refractivity contribution in [2.75, 3.05) is 7.11 Å². The first-order valence-corrected chi connectivity index (χ1v) is 5.97. The Morgan fingerprint density at radius 2 is 1.93 bits per heavy atom. The van der Waals surface area contributed by atoms with Gasteiger partial charge in [-0.05, 0) is 25.7 Å². The first-order chi connectivity index (χ1) is 7.20. The number of carbonyl (C=O) groups is 1. The van der Waals surface area contributed by atoms with Crippen LogP contribution in [0.4, 0.5) is 0 Å². The molecule has 86 valence electrons. The molecule has 0 spiro atoms. The Hall–Kier alpha value is -0.570. The molecule has 2 saturated carbocycles. The number of aliphatic carboxylic acids is 1. The molecule has 2 rings (SSSR count). The molecular weight excluding hydrogens is 192 g/mol. The maximum atomic E-state index is 11.4. The summed E-state index contributed by atoms with van der Waals surface area (Å²) in [6.07, 6.45) is 7.37. The van der Waals surface area contributed by atoms with Crippen LogP contribution in [0.2, 0.25) is 0 Å². The van der Waals surface area contributed by atoms with E-state index in [1.165, 1.54) is 12.8 Å². The monoisotopic (exact) mass is 212 g/mol. The SMILES string of the molecule is COC1CCCCC1C1(C(=O)O)CCC1. The van der Waals surface area contributed by atoms with Gasteiger partial charge in [0.25, 0.3) is 0 Å². The Labute approximate surface area is 90.8 Å². The molecule has 0 aromatic rings. The molecule has 0 heterocycles. The fourth-order valence-corrected chi connectivity index (χ4v) is 3.31. The third-order valence-electron chi connectivity index (χ3n) is 4.39. The fraction of sp³-hybridized carbons (Fsp3) is 0.917. The van der Waals surface area contributed by atoms with E-state index >= 15 is 0 Å². The van der Waals surface area contributed by atoms with Crippen molar-refractivity contribution >= 4 is 5.97 Å². The van der Waals surface area contributed by atoms with Crippen LogP contribution in [0.25, 0.3) is 0 Å². The van der Waals surface area contributed by atoms with Gasteiger partial charge in [0, 0.05) is 13.0 Å². The maximum Gasteiger partial charge on any atom is 0.310 e. The van der Waals surface area contributed by atoms with E-state index in [4.69, 9.17) is 4.74 Å².